The predicted octanol–water partition coefficient (Wildman–Crippen LogP) is 1.53. The highest BCUT2D eigenvalue weighted by Gasteiger charge is 2.39. The summed E-state index contributed by atoms with van der Waals surface area (Å²) in [4.78, 5) is 12.7. The molecule has 0 aromatic rings. The number of nitrogens with zero attached hydrogens (tertiary/aromatic N) is 1. The standard InChI is InChI=1S/C15H28N2O3S/c1-21(19,20)17-9-5-6-13(11-17)10-14(18)15(12-16)7-3-2-4-8-15/h13H,2-12,16H2,1H3. The molecule has 1 aliphatic carbocycles. The van der Waals surface area contributed by atoms with E-state index in [0.29, 0.717) is 26.1 Å². The Balaban J connectivity index is 1.98. The van der Waals surface area contributed by atoms with Crippen molar-refractivity contribution in [2.45, 2.75) is 51.4 Å². The van der Waals surface area contributed by atoms with E-state index in [1.807, 2.05) is 0 Å². The summed E-state index contributed by atoms with van der Waals surface area (Å²) >= 11 is 0. The van der Waals surface area contributed by atoms with Crippen LogP contribution in [0.15, 0.2) is 0 Å². The van der Waals surface area contributed by atoms with Gasteiger partial charge in [-0.2, -0.15) is 0 Å². The molecule has 2 N–H and O–H groups in total. The van der Waals surface area contributed by atoms with Crippen LogP contribution >= 0.6 is 0 Å². The number of nitrogens with two attached hydrogens (primary N) is 1. The SMILES string of the molecule is CS(=O)(=O)N1CCCC(CC(=O)C2(CN)CCCCC2)C1. The Hall–Kier alpha value is -0.460. The molecule has 0 aromatic heterocycles. The highest BCUT2D eigenvalue weighted by molar-refractivity contribution is 7.88. The van der Waals surface area contributed by atoms with Crippen molar-refractivity contribution < 1.29 is 13.2 Å². The molecule has 0 amide bonds. The molecule has 122 valence electrons. The normalized spacial score (nSPS) is 27.4. The Labute approximate surface area is 128 Å². The van der Waals surface area contributed by atoms with Crippen LogP contribution in [0.25, 0.3) is 0 Å². The lowest BCUT2D eigenvalue weighted by atomic mass is 9.69. The van der Waals surface area contributed by atoms with E-state index in [4.69, 9.17) is 5.73 Å². The Bertz CT molecular complexity index is 469. The summed E-state index contributed by atoms with van der Waals surface area (Å²) in [6.07, 6.45) is 8.71. The average Bonchev–Trinajstić information content (AvgIpc) is 2.47. The molecule has 1 heterocycles. The first kappa shape index (κ1) is 16.9. The van der Waals surface area contributed by atoms with Crippen molar-refractivity contribution in [2.24, 2.45) is 17.1 Å². The van der Waals surface area contributed by atoms with Gasteiger partial charge in [-0.3, -0.25) is 4.79 Å². The van der Waals surface area contributed by atoms with Crippen LogP contribution in [0.2, 0.25) is 0 Å². The first-order valence-electron chi connectivity index (χ1n) is 8.06. The molecule has 0 bridgehead atoms. The van der Waals surface area contributed by atoms with Gasteiger partial charge in [0.25, 0.3) is 0 Å². The van der Waals surface area contributed by atoms with E-state index in [0.717, 1.165) is 38.5 Å². The molecule has 0 radical (unpaired) electrons. The fourth-order valence-electron chi connectivity index (χ4n) is 3.80. The Kier molecular flexibility index (Phi) is 5.43. The lowest BCUT2D eigenvalue weighted by molar-refractivity contribution is -0.131. The third kappa shape index (κ3) is 4.05. The number of Topliss-reactive ketones (excluding diaryl/α,β-unsaturated/α-hetero) is 1. The largest absolute Gasteiger partial charge is 0.329 e. The first-order valence-corrected chi connectivity index (χ1v) is 9.91. The zero-order chi connectivity index (χ0) is 15.5. The summed E-state index contributed by atoms with van der Waals surface area (Å²) in [5.74, 6) is 0.427. The molecule has 2 rings (SSSR count). The Morgan fingerprint density at radius 3 is 2.48 bits per heavy atom. The quantitative estimate of drug-likeness (QED) is 0.834. The lowest BCUT2D eigenvalue weighted by Gasteiger charge is -2.37. The summed E-state index contributed by atoms with van der Waals surface area (Å²) in [7, 11) is -3.14. The number of rotatable bonds is 5. The van der Waals surface area contributed by atoms with E-state index < -0.39 is 10.0 Å². The van der Waals surface area contributed by atoms with Crippen LogP contribution < -0.4 is 5.73 Å². The van der Waals surface area contributed by atoms with E-state index in [-0.39, 0.29) is 17.1 Å². The van der Waals surface area contributed by atoms with Gasteiger partial charge in [0.15, 0.2) is 0 Å². The summed E-state index contributed by atoms with van der Waals surface area (Å²) in [5.41, 5.74) is 5.59. The van der Waals surface area contributed by atoms with E-state index in [1.165, 1.54) is 17.0 Å². The molecular formula is C15H28N2O3S. The van der Waals surface area contributed by atoms with Crippen LogP contribution in [0.3, 0.4) is 0 Å². The highest BCUT2D eigenvalue weighted by atomic mass is 32.2. The topological polar surface area (TPSA) is 80.5 Å². The van der Waals surface area contributed by atoms with Crippen molar-refractivity contribution >= 4 is 15.8 Å². The van der Waals surface area contributed by atoms with Crippen molar-refractivity contribution in [1.29, 1.82) is 0 Å². The first-order chi connectivity index (χ1) is 9.87. The molecular weight excluding hydrogens is 288 g/mol. The maximum Gasteiger partial charge on any atom is 0.211 e. The molecule has 2 aliphatic rings. The average molecular weight is 316 g/mol. The maximum absolute atomic E-state index is 12.7. The molecule has 0 aromatic carbocycles. The third-order valence-electron chi connectivity index (χ3n) is 5.22. The molecule has 1 saturated carbocycles. The van der Waals surface area contributed by atoms with Crippen molar-refractivity contribution in [1.82, 2.24) is 4.31 Å². The van der Waals surface area contributed by atoms with E-state index in [9.17, 15) is 13.2 Å². The second-order valence-corrected chi connectivity index (χ2v) is 8.78. The van der Waals surface area contributed by atoms with Crippen molar-refractivity contribution in [3.63, 3.8) is 0 Å². The molecule has 2 fully saturated rings. The zero-order valence-corrected chi connectivity index (χ0v) is 13.8. The minimum atomic E-state index is -3.14. The second-order valence-electron chi connectivity index (χ2n) is 6.80. The third-order valence-corrected chi connectivity index (χ3v) is 6.49. The van der Waals surface area contributed by atoms with Gasteiger partial charge in [-0.1, -0.05) is 19.3 Å². The number of carbonyl (C=O) groups is 1. The minimum absolute atomic E-state index is 0.159. The van der Waals surface area contributed by atoms with E-state index in [2.05, 4.69) is 0 Å². The van der Waals surface area contributed by atoms with E-state index >= 15 is 0 Å². The van der Waals surface area contributed by atoms with Gasteiger partial charge in [-0.25, -0.2) is 12.7 Å². The van der Waals surface area contributed by atoms with Crippen LogP contribution in [0.5, 0.6) is 0 Å². The Morgan fingerprint density at radius 1 is 1.24 bits per heavy atom. The van der Waals surface area contributed by atoms with Crippen molar-refractivity contribution in [3.05, 3.63) is 0 Å². The molecule has 1 saturated heterocycles. The van der Waals surface area contributed by atoms with Gasteiger partial charge in [-0.15, -0.1) is 0 Å². The number of hydrogen-bond donors (Lipinski definition) is 1. The van der Waals surface area contributed by atoms with Crippen molar-refractivity contribution in [2.75, 3.05) is 25.9 Å². The molecule has 21 heavy (non-hydrogen) atoms. The molecule has 1 aliphatic heterocycles. The Morgan fingerprint density at radius 2 is 1.90 bits per heavy atom. The van der Waals surface area contributed by atoms with Crippen LogP contribution in [-0.4, -0.2) is 44.4 Å². The summed E-state index contributed by atoms with van der Waals surface area (Å²) in [6.45, 7) is 1.52. The molecule has 5 nitrogen and oxygen atoms in total. The van der Waals surface area contributed by atoms with Gasteiger partial charge < -0.3 is 5.73 Å². The van der Waals surface area contributed by atoms with Crippen molar-refractivity contribution in [3.8, 4) is 0 Å². The van der Waals surface area contributed by atoms with Gasteiger partial charge in [0.1, 0.15) is 5.78 Å². The zero-order valence-electron chi connectivity index (χ0n) is 13.0. The van der Waals surface area contributed by atoms with Crippen LogP contribution in [-0.2, 0) is 14.8 Å². The summed E-state index contributed by atoms with van der Waals surface area (Å²) < 4.78 is 24.8. The molecule has 6 heteroatoms. The number of sulfonamides is 1. The van der Waals surface area contributed by atoms with Gasteiger partial charge in [0, 0.05) is 31.5 Å². The van der Waals surface area contributed by atoms with Gasteiger partial charge in [0.05, 0.1) is 6.26 Å². The monoisotopic (exact) mass is 316 g/mol. The number of piperidine rings is 1. The summed E-state index contributed by atoms with van der Waals surface area (Å²) in [5, 5.41) is 0. The van der Waals surface area contributed by atoms with Crippen LogP contribution in [0, 0.1) is 11.3 Å². The number of carbonyl (C=O) groups excluding carboxylic acids is 1. The predicted molar refractivity (Wildman–Crippen MR) is 83.3 cm³/mol. The number of ketones is 1. The highest BCUT2D eigenvalue weighted by Crippen LogP contribution is 2.38. The lowest BCUT2D eigenvalue weighted by Crippen LogP contribution is -2.44. The maximum atomic E-state index is 12.7. The van der Waals surface area contributed by atoms with Crippen LogP contribution in [0.4, 0.5) is 0 Å². The fourth-order valence-corrected chi connectivity index (χ4v) is 4.74. The van der Waals surface area contributed by atoms with Gasteiger partial charge in [0.2, 0.25) is 10.0 Å². The molecule has 0 spiro atoms. The van der Waals surface area contributed by atoms with E-state index in [1.54, 1.807) is 0 Å². The van der Waals surface area contributed by atoms with Gasteiger partial charge >= 0.3 is 0 Å². The second kappa shape index (κ2) is 6.75. The smallest absolute Gasteiger partial charge is 0.211 e. The summed E-state index contributed by atoms with van der Waals surface area (Å²) in [6, 6.07) is 0. The number of hydrogen-bond acceptors (Lipinski definition) is 4. The minimum Gasteiger partial charge on any atom is -0.329 e. The van der Waals surface area contributed by atoms with Gasteiger partial charge in [-0.05, 0) is 31.6 Å². The van der Waals surface area contributed by atoms with Crippen LogP contribution in [0.1, 0.15) is 51.4 Å². The molecule has 1 atom stereocenters. The molecule has 1 unspecified atom stereocenters. The fraction of sp³-hybridized carbons (Fsp3) is 0.933.